The Morgan fingerprint density at radius 1 is 1.14 bits per heavy atom. The first kappa shape index (κ1) is 13.6. The van der Waals surface area contributed by atoms with Gasteiger partial charge in [0.05, 0.1) is 7.11 Å². The first-order chi connectivity index (χ1) is 9.99. The first-order valence-corrected chi connectivity index (χ1v) is 7.71. The van der Waals surface area contributed by atoms with E-state index in [0.29, 0.717) is 11.3 Å². The molecule has 0 radical (unpaired) electrons. The number of methoxy groups -OCH3 is 1. The van der Waals surface area contributed by atoms with Gasteiger partial charge in [-0.05, 0) is 42.8 Å². The Hall–Kier alpha value is -2.34. The average molecular weight is 303 g/mol. The zero-order valence-corrected chi connectivity index (χ0v) is 12.3. The van der Waals surface area contributed by atoms with Gasteiger partial charge in [0.2, 0.25) is 5.90 Å². The van der Waals surface area contributed by atoms with E-state index in [2.05, 4.69) is 4.40 Å². The van der Waals surface area contributed by atoms with Crippen molar-refractivity contribution in [2.24, 2.45) is 4.40 Å². The Labute approximate surface area is 122 Å². The number of aryl methyl sites for hydroxylation is 1. The van der Waals surface area contributed by atoms with E-state index in [1.165, 1.54) is 7.11 Å². The molecule has 0 N–H and O–H groups in total. The van der Waals surface area contributed by atoms with Gasteiger partial charge in [0, 0.05) is 5.56 Å². The molecule has 5 nitrogen and oxygen atoms in total. The van der Waals surface area contributed by atoms with E-state index in [1.54, 1.807) is 42.5 Å². The third kappa shape index (κ3) is 2.50. The van der Waals surface area contributed by atoms with Crippen LogP contribution in [0.5, 0.6) is 11.5 Å². The predicted molar refractivity (Wildman–Crippen MR) is 78.5 cm³/mol. The largest absolute Gasteiger partial charge is 0.497 e. The lowest BCUT2D eigenvalue weighted by atomic mass is 10.2. The number of ether oxygens (including phenoxy) is 2. The predicted octanol–water partition coefficient (Wildman–Crippen LogP) is 2.53. The summed E-state index contributed by atoms with van der Waals surface area (Å²) in [5.41, 5.74) is 1.38. The molecule has 0 unspecified atom stereocenters. The Bertz CT molecular complexity index is 841. The number of nitrogens with zero attached hydrogens (tertiary/aromatic N) is 1. The van der Waals surface area contributed by atoms with Gasteiger partial charge in [-0.2, -0.15) is 8.42 Å². The van der Waals surface area contributed by atoms with E-state index in [0.717, 1.165) is 5.56 Å². The smallest absolute Gasteiger partial charge is 0.289 e. The topological polar surface area (TPSA) is 65.0 Å². The minimum atomic E-state index is -3.76. The Balaban J connectivity index is 2.11. The van der Waals surface area contributed by atoms with Crippen LogP contribution < -0.4 is 9.47 Å². The summed E-state index contributed by atoms with van der Waals surface area (Å²) in [6.07, 6.45) is 0. The van der Waals surface area contributed by atoms with Crippen LogP contribution in [0.1, 0.15) is 11.1 Å². The summed E-state index contributed by atoms with van der Waals surface area (Å²) in [5, 5.41) is 0. The Morgan fingerprint density at radius 2 is 1.95 bits per heavy atom. The number of fused-ring (bicyclic) bond motifs is 1. The Kier molecular flexibility index (Phi) is 3.17. The third-order valence-corrected chi connectivity index (χ3v) is 4.38. The van der Waals surface area contributed by atoms with Crippen LogP contribution in [-0.2, 0) is 10.0 Å². The van der Waals surface area contributed by atoms with E-state index in [4.69, 9.17) is 9.47 Å². The molecule has 1 aliphatic heterocycles. The fraction of sp³-hybridized carbons (Fsp3) is 0.133. The van der Waals surface area contributed by atoms with Gasteiger partial charge in [0.1, 0.15) is 16.4 Å². The minimum Gasteiger partial charge on any atom is -0.497 e. The molecule has 0 aliphatic carbocycles. The number of sulfonamides is 1. The van der Waals surface area contributed by atoms with E-state index in [1.807, 2.05) is 6.92 Å². The molecule has 0 spiro atoms. The maximum absolute atomic E-state index is 12.3. The molecule has 2 aromatic rings. The molecule has 6 heteroatoms. The van der Waals surface area contributed by atoms with Gasteiger partial charge in [-0.25, -0.2) is 0 Å². The molecular formula is C15H13NO4S. The highest BCUT2D eigenvalue weighted by atomic mass is 32.2. The summed E-state index contributed by atoms with van der Waals surface area (Å²) in [5.74, 6) is 0.935. The monoisotopic (exact) mass is 303 g/mol. The van der Waals surface area contributed by atoms with Crippen molar-refractivity contribution in [1.82, 2.24) is 0 Å². The average Bonchev–Trinajstić information content (AvgIpc) is 2.47. The van der Waals surface area contributed by atoms with Crippen LogP contribution >= 0.6 is 0 Å². The van der Waals surface area contributed by atoms with Crippen LogP contribution in [0.25, 0.3) is 0 Å². The molecule has 3 rings (SSSR count). The maximum Gasteiger partial charge on any atom is 0.289 e. The highest BCUT2D eigenvalue weighted by Gasteiger charge is 2.27. The standard InChI is InChI=1S/C15H13NO4S/c1-10-6-7-13-14(8-10)21(17,18)16-15(20-13)11-4-3-5-12(9-11)19-2/h3-9H,1-2H3. The van der Waals surface area contributed by atoms with Gasteiger partial charge in [0.15, 0.2) is 0 Å². The van der Waals surface area contributed by atoms with Gasteiger partial charge >= 0.3 is 0 Å². The van der Waals surface area contributed by atoms with Crippen molar-refractivity contribution >= 4 is 15.9 Å². The molecule has 21 heavy (non-hydrogen) atoms. The van der Waals surface area contributed by atoms with Crippen molar-refractivity contribution in [3.63, 3.8) is 0 Å². The zero-order chi connectivity index (χ0) is 15.0. The molecular weight excluding hydrogens is 290 g/mol. The van der Waals surface area contributed by atoms with Crippen molar-refractivity contribution in [2.75, 3.05) is 7.11 Å². The molecule has 0 atom stereocenters. The Morgan fingerprint density at radius 3 is 2.71 bits per heavy atom. The van der Waals surface area contributed by atoms with Crippen LogP contribution in [0.2, 0.25) is 0 Å². The summed E-state index contributed by atoms with van der Waals surface area (Å²) in [6.45, 7) is 1.82. The molecule has 108 valence electrons. The van der Waals surface area contributed by atoms with Gasteiger partial charge < -0.3 is 9.47 Å². The molecule has 1 heterocycles. The van der Waals surface area contributed by atoms with Crippen LogP contribution in [0.4, 0.5) is 0 Å². The van der Waals surface area contributed by atoms with E-state index in [-0.39, 0.29) is 16.5 Å². The number of benzene rings is 2. The van der Waals surface area contributed by atoms with Crippen LogP contribution in [-0.4, -0.2) is 21.4 Å². The summed E-state index contributed by atoms with van der Waals surface area (Å²) in [4.78, 5) is 0.0918. The highest BCUT2D eigenvalue weighted by Crippen LogP contribution is 2.32. The molecule has 0 saturated heterocycles. The second-order valence-corrected chi connectivity index (χ2v) is 6.23. The lowest BCUT2D eigenvalue weighted by Crippen LogP contribution is -2.19. The van der Waals surface area contributed by atoms with Gasteiger partial charge in [-0.1, -0.05) is 12.1 Å². The lowest BCUT2D eigenvalue weighted by Gasteiger charge is -2.17. The van der Waals surface area contributed by atoms with E-state index < -0.39 is 10.0 Å². The number of hydrogen-bond acceptors (Lipinski definition) is 4. The van der Waals surface area contributed by atoms with Crippen LogP contribution in [0.3, 0.4) is 0 Å². The maximum atomic E-state index is 12.3. The summed E-state index contributed by atoms with van der Waals surface area (Å²) in [6, 6.07) is 11.9. The van der Waals surface area contributed by atoms with E-state index >= 15 is 0 Å². The summed E-state index contributed by atoms with van der Waals surface area (Å²) in [7, 11) is -2.22. The quantitative estimate of drug-likeness (QED) is 0.855. The fourth-order valence-electron chi connectivity index (χ4n) is 2.05. The molecule has 0 fully saturated rings. The lowest BCUT2D eigenvalue weighted by molar-refractivity contribution is 0.414. The first-order valence-electron chi connectivity index (χ1n) is 6.27. The molecule has 0 saturated carbocycles. The second kappa shape index (κ2) is 4.89. The highest BCUT2D eigenvalue weighted by molar-refractivity contribution is 7.90. The normalized spacial score (nSPS) is 15.6. The van der Waals surface area contributed by atoms with Gasteiger partial charge in [-0.3, -0.25) is 0 Å². The third-order valence-electron chi connectivity index (χ3n) is 3.10. The van der Waals surface area contributed by atoms with Crippen LogP contribution in [0, 0.1) is 6.92 Å². The molecule has 0 bridgehead atoms. The fourth-order valence-corrected chi connectivity index (χ4v) is 3.21. The molecule has 0 amide bonds. The zero-order valence-electron chi connectivity index (χ0n) is 11.5. The summed E-state index contributed by atoms with van der Waals surface area (Å²) < 4.78 is 39.0. The molecule has 0 aromatic heterocycles. The van der Waals surface area contributed by atoms with Crippen LogP contribution in [0.15, 0.2) is 51.8 Å². The molecule has 2 aromatic carbocycles. The van der Waals surface area contributed by atoms with Gasteiger partial charge in [-0.15, -0.1) is 4.40 Å². The summed E-state index contributed by atoms with van der Waals surface area (Å²) >= 11 is 0. The molecule has 1 aliphatic rings. The second-order valence-electron chi connectivity index (χ2n) is 4.66. The SMILES string of the molecule is COc1cccc(C2=NS(=O)(=O)c3cc(C)ccc3O2)c1. The van der Waals surface area contributed by atoms with Gasteiger partial charge in [0.25, 0.3) is 10.0 Å². The minimum absolute atomic E-state index is 0.0465. The van der Waals surface area contributed by atoms with Crippen molar-refractivity contribution in [3.8, 4) is 11.5 Å². The van der Waals surface area contributed by atoms with Crippen molar-refractivity contribution in [1.29, 1.82) is 0 Å². The number of rotatable bonds is 2. The van der Waals surface area contributed by atoms with Crippen molar-refractivity contribution in [2.45, 2.75) is 11.8 Å². The van der Waals surface area contributed by atoms with Crippen molar-refractivity contribution < 1.29 is 17.9 Å². The van der Waals surface area contributed by atoms with Crippen molar-refractivity contribution in [3.05, 3.63) is 53.6 Å². The van der Waals surface area contributed by atoms with E-state index in [9.17, 15) is 8.42 Å². The number of hydrogen-bond donors (Lipinski definition) is 0.